The second kappa shape index (κ2) is 5.97. The quantitative estimate of drug-likeness (QED) is 0.335. The number of nitrogens with zero attached hydrogens (tertiary/aromatic N) is 2. The fourth-order valence-corrected chi connectivity index (χ4v) is 1.49. The van der Waals surface area contributed by atoms with E-state index in [0.29, 0.717) is 32.0 Å². The van der Waals surface area contributed by atoms with Crippen molar-refractivity contribution in [2.75, 3.05) is 26.3 Å². The summed E-state index contributed by atoms with van der Waals surface area (Å²) in [5.74, 6) is 0.122. The van der Waals surface area contributed by atoms with Gasteiger partial charge in [-0.05, 0) is 11.2 Å². The first kappa shape index (κ1) is 12.3. The van der Waals surface area contributed by atoms with Gasteiger partial charge in [0.2, 0.25) is 11.5 Å². The topological polar surface area (TPSA) is 91.3 Å². The van der Waals surface area contributed by atoms with E-state index in [-0.39, 0.29) is 5.84 Å². The number of H-pyrrole nitrogens is 1. The molecule has 0 spiro atoms. The molecule has 3 N–H and O–H groups in total. The van der Waals surface area contributed by atoms with Gasteiger partial charge in [0.25, 0.3) is 0 Å². The zero-order valence-electron chi connectivity index (χ0n) is 9.83. The maximum absolute atomic E-state index is 11.6. The minimum Gasteiger partial charge on any atom is -0.378 e. The number of hydrogen-bond acceptors (Lipinski definition) is 4. The number of aromatic amines is 1. The minimum absolute atomic E-state index is 0.122. The molecule has 18 heavy (non-hydrogen) atoms. The molecule has 0 saturated carbocycles. The van der Waals surface area contributed by atoms with Gasteiger partial charge in [0.1, 0.15) is 0 Å². The molecule has 96 valence electrons. The molecule has 7 nitrogen and oxygen atoms in total. The van der Waals surface area contributed by atoms with Gasteiger partial charge in [-0.15, -0.1) is 0 Å². The van der Waals surface area contributed by atoms with Crippen molar-refractivity contribution in [1.82, 2.24) is 4.90 Å². The summed E-state index contributed by atoms with van der Waals surface area (Å²) in [7, 11) is 0. The summed E-state index contributed by atoms with van der Waals surface area (Å²) in [6, 6.07) is 5.36. The number of ether oxygens (including phenoxy) is 1. The molecule has 1 amide bonds. The lowest BCUT2D eigenvalue weighted by molar-refractivity contribution is -0.380. The van der Waals surface area contributed by atoms with E-state index in [9.17, 15) is 4.79 Å². The van der Waals surface area contributed by atoms with E-state index in [1.807, 2.05) is 6.07 Å². The molecule has 0 unspecified atom stereocenters. The Hall–Kier alpha value is -2.15. The van der Waals surface area contributed by atoms with Gasteiger partial charge in [-0.2, -0.15) is 0 Å². The number of rotatable bonds is 2. The molecule has 1 aromatic heterocycles. The number of nitrogens with two attached hydrogens (primary N) is 1. The zero-order chi connectivity index (χ0) is 12.8. The number of morpholine rings is 1. The van der Waals surface area contributed by atoms with Crippen LogP contribution in [-0.4, -0.2) is 43.1 Å². The maximum atomic E-state index is 11.6. The second-order valence-corrected chi connectivity index (χ2v) is 3.71. The molecule has 1 saturated heterocycles. The van der Waals surface area contributed by atoms with Crippen LogP contribution in [0.3, 0.4) is 0 Å². The minimum atomic E-state index is -0.516. The van der Waals surface area contributed by atoms with Gasteiger partial charge in [-0.25, -0.2) is 9.78 Å². The third kappa shape index (κ3) is 3.17. The van der Waals surface area contributed by atoms with E-state index in [2.05, 4.69) is 10.1 Å². The van der Waals surface area contributed by atoms with Crippen LogP contribution in [0.1, 0.15) is 5.69 Å². The average molecular weight is 251 g/mol. The molecule has 0 radical (unpaired) electrons. The van der Waals surface area contributed by atoms with Crippen molar-refractivity contribution >= 4 is 11.9 Å². The molecule has 1 aliphatic heterocycles. The predicted octanol–water partition coefficient (Wildman–Crippen LogP) is -0.410. The molecule has 1 fully saturated rings. The summed E-state index contributed by atoms with van der Waals surface area (Å²) >= 11 is 0. The van der Waals surface area contributed by atoms with Crippen molar-refractivity contribution in [1.29, 1.82) is 0 Å². The van der Waals surface area contributed by atoms with Crippen molar-refractivity contribution in [3.8, 4) is 0 Å². The molecule has 2 heterocycles. The number of carbonyl (C=O) groups is 1. The monoisotopic (exact) mass is 251 g/mol. The Morgan fingerprint density at radius 2 is 2.22 bits per heavy atom. The van der Waals surface area contributed by atoms with Crippen LogP contribution in [0.5, 0.6) is 0 Å². The van der Waals surface area contributed by atoms with Gasteiger partial charge in [0.05, 0.1) is 13.2 Å². The van der Waals surface area contributed by atoms with Crippen LogP contribution < -0.4 is 10.7 Å². The number of amides is 1. The first-order valence-corrected chi connectivity index (χ1v) is 5.61. The highest BCUT2D eigenvalue weighted by molar-refractivity contribution is 5.94. The zero-order valence-corrected chi connectivity index (χ0v) is 9.83. The van der Waals surface area contributed by atoms with E-state index in [1.54, 1.807) is 18.3 Å². The average Bonchev–Trinajstić information content (AvgIpc) is 2.46. The van der Waals surface area contributed by atoms with E-state index in [1.165, 1.54) is 4.90 Å². The molecule has 1 aliphatic rings. The second-order valence-electron chi connectivity index (χ2n) is 3.71. The van der Waals surface area contributed by atoms with Crippen molar-refractivity contribution in [3.63, 3.8) is 0 Å². The van der Waals surface area contributed by atoms with Crippen molar-refractivity contribution in [2.24, 2.45) is 10.9 Å². The number of pyridine rings is 1. The summed E-state index contributed by atoms with van der Waals surface area (Å²) in [5, 5.41) is 3.60. The summed E-state index contributed by atoms with van der Waals surface area (Å²) < 4.78 is 5.13. The molecule has 7 heteroatoms. The number of nitrogens with one attached hydrogen (secondary N) is 1. The molecule has 1 aromatic rings. The normalized spacial score (nSPS) is 16.4. The van der Waals surface area contributed by atoms with Crippen LogP contribution in [0.15, 0.2) is 29.6 Å². The van der Waals surface area contributed by atoms with E-state index >= 15 is 0 Å². The fourth-order valence-electron chi connectivity index (χ4n) is 1.49. The van der Waals surface area contributed by atoms with E-state index in [4.69, 9.17) is 15.3 Å². The van der Waals surface area contributed by atoms with Gasteiger partial charge in [0.15, 0.2) is 6.20 Å². The summed E-state index contributed by atoms with van der Waals surface area (Å²) in [6.07, 6.45) is 1.19. The predicted molar refractivity (Wildman–Crippen MR) is 62.6 cm³/mol. The first-order chi connectivity index (χ1) is 8.77. The summed E-state index contributed by atoms with van der Waals surface area (Å²) in [5.41, 5.74) is 6.26. The van der Waals surface area contributed by atoms with Gasteiger partial charge < -0.3 is 15.4 Å². The highest BCUT2D eigenvalue weighted by Crippen LogP contribution is 2.00. The van der Waals surface area contributed by atoms with Crippen LogP contribution in [0.25, 0.3) is 0 Å². The molecule has 0 atom stereocenters. The van der Waals surface area contributed by atoms with Gasteiger partial charge in [-0.3, -0.25) is 4.84 Å². The number of oxime groups is 1. The molecular weight excluding hydrogens is 236 g/mol. The van der Waals surface area contributed by atoms with Crippen LogP contribution >= 0.6 is 0 Å². The van der Waals surface area contributed by atoms with Gasteiger partial charge >= 0.3 is 6.09 Å². The lowest BCUT2D eigenvalue weighted by Gasteiger charge is -2.24. The summed E-state index contributed by atoms with van der Waals surface area (Å²) in [4.78, 5) is 20.8. The highest BCUT2D eigenvalue weighted by atomic mass is 16.7. The highest BCUT2D eigenvalue weighted by Gasteiger charge is 2.18. The Labute approximate surface area is 104 Å². The van der Waals surface area contributed by atoms with Gasteiger partial charge in [-0.1, -0.05) is 0 Å². The molecule has 0 bridgehead atoms. The molecule has 0 aromatic carbocycles. The molecular formula is C11H15N4O3+. The SMILES string of the molecule is NC(=NOC(=O)N1CCOCC1)c1cccc[nH+]1. The molecule has 2 rings (SSSR count). The lowest BCUT2D eigenvalue weighted by Crippen LogP contribution is -2.40. The Morgan fingerprint density at radius 3 is 2.89 bits per heavy atom. The Kier molecular flexibility index (Phi) is 4.08. The molecule has 0 aliphatic carbocycles. The van der Waals surface area contributed by atoms with Crippen LogP contribution in [0.2, 0.25) is 0 Å². The lowest BCUT2D eigenvalue weighted by atomic mass is 10.3. The standard InChI is InChI=1S/C11H14N4O3/c12-10(9-3-1-2-4-13-9)14-18-11(16)15-5-7-17-8-6-15/h1-4H,5-8H2,(H2,12,14)/p+1. The van der Waals surface area contributed by atoms with E-state index in [0.717, 1.165) is 0 Å². The number of carbonyl (C=O) groups excluding carboxylic acids is 1. The van der Waals surface area contributed by atoms with Crippen molar-refractivity contribution in [2.45, 2.75) is 0 Å². The largest absolute Gasteiger partial charge is 0.436 e. The smallest absolute Gasteiger partial charge is 0.378 e. The summed E-state index contributed by atoms with van der Waals surface area (Å²) in [6.45, 7) is 2.04. The third-order valence-electron chi connectivity index (χ3n) is 2.48. The Balaban J connectivity index is 1.91. The van der Waals surface area contributed by atoms with Crippen molar-refractivity contribution in [3.05, 3.63) is 30.1 Å². The Morgan fingerprint density at radius 1 is 1.44 bits per heavy atom. The fraction of sp³-hybridized carbons (Fsp3) is 0.364. The van der Waals surface area contributed by atoms with Gasteiger partial charge in [0, 0.05) is 25.2 Å². The third-order valence-corrected chi connectivity index (χ3v) is 2.48. The maximum Gasteiger partial charge on any atom is 0.436 e. The van der Waals surface area contributed by atoms with Crippen molar-refractivity contribution < 1.29 is 19.4 Å². The number of hydrogen-bond donors (Lipinski definition) is 1. The van der Waals surface area contributed by atoms with E-state index < -0.39 is 6.09 Å². The van der Waals surface area contributed by atoms with Crippen LogP contribution in [0, 0.1) is 0 Å². The Bertz CT molecular complexity index is 429. The number of amidine groups is 1. The first-order valence-electron chi connectivity index (χ1n) is 5.61. The number of aromatic nitrogens is 1. The van der Waals surface area contributed by atoms with Crippen LogP contribution in [0.4, 0.5) is 4.79 Å². The van der Waals surface area contributed by atoms with Crippen LogP contribution in [-0.2, 0) is 9.57 Å².